The van der Waals surface area contributed by atoms with E-state index >= 15 is 0 Å². The van der Waals surface area contributed by atoms with Crippen LogP contribution in [0.1, 0.15) is 37.6 Å². The first-order valence-corrected chi connectivity index (χ1v) is 11.1. The number of para-hydroxylation sites is 1. The number of aromatic nitrogens is 2. The highest BCUT2D eigenvalue weighted by atomic mass is 16.6. The minimum Gasteiger partial charge on any atom is -0.497 e. The molecule has 9 nitrogen and oxygen atoms in total. The molecule has 4 rings (SSSR count). The summed E-state index contributed by atoms with van der Waals surface area (Å²) in [5.74, 6) is 0.753. The van der Waals surface area contributed by atoms with Gasteiger partial charge in [0.2, 0.25) is 0 Å². The predicted octanol–water partition coefficient (Wildman–Crippen LogP) is 4.81. The van der Waals surface area contributed by atoms with E-state index in [1.54, 1.807) is 30.2 Å². The molecule has 1 aliphatic rings. The van der Waals surface area contributed by atoms with E-state index in [0.717, 1.165) is 22.6 Å². The van der Waals surface area contributed by atoms with Crippen molar-refractivity contribution in [3.8, 4) is 17.0 Å². The van der Waals surface area contributed by atoms with Gasteiger partial charge in [0.05, 0.1) is 36.4 Å². The van der Waals surface area contributed by atoms with E-state index in [2.05, 4.69) is 0 Å². The summed E-state index contributed by atoms with van der Waals surface area (Å²) in [6.07, 6.45) is 0.140. The number of methoxy groups -OCH3 is 1. The maximum atomic E-state index is 12.8. The zero-order valence-corrected chi connectivity index (χ0v) is 19.8. The van der Waals surface area contributed by atoms with Crippen LogP contribution in [0.3, 0.4) is 0 Å². The van der Waals surface area contributed by atoms with Crippen molar-refractivity contribution < 1.29 is 19.2 Å². The van der Waals surface area contributed by atoms with Crippen molar-refractivity contribution in [1.82, 2.24) is 14.7 Å². The summed E-state index contributed by atoms with van der Waals surface area (Å²) in [5, 5.41) is 16.5. The fraction of sp³-hybridized carbons (Fsp3) is 0.360. The summed E-state index contributed by atoms with van der Waals surface area (Å²) >= 11 is 0. The average Bonchev–Trinajstić information content (AvgIpc) is 3.16. The first-order chi connectivity index (χ1) is 16.2. The molecule has 0 aliphatic carbocycles. The van der Waals surface area contributed by atoms with E-state index in [0.29, 0.717) is 37.3 Å². The van der Waals surface area contributed by atoms with Crippen molar-refractivity contribution in [3.63, 3.8) is 0 Å². The quantitative estimate of drug-likeness (QED) is 0.397. The monoisotopic (exact) mass is 464 g/mol. The molecule has 2 aromatic carbocycles. The van der Waals surface area contributed by atoms with Crippen LogP contribution in [0.2, 0.25) is 0 Å². The lowest BCUT2D eigenvalue weighted by Gasteiger charge is -2.30. The molecule has 9 heteroatoms. The maximum Gasteiger partial charge on any atom is 0.410 e. The zero-order chi connectivity index (χ0) is 24.5. The third kappa shape index (κ3) is 4.88. The number of nitro benzene ring substituents is 1. The van der Waals surface area contributed by atoms with E-state index in [4.69, 9.17) is 14.6 Å². The standard InChI is InChI=1S/C25H28N4O5/c1-25(2,3)34-24(30)27-14-13-20-22(16-27)28(15-17-9-11-18(33-4)12-10-17)26-23(20)19-7-5-6-8-21(19)29(31)32/h5-12H,13-16H2,1-4H3. The van der Waals surface area contributed by atoms with Crippen LogP contribution in [-0.4, -0.2) is 45.0 Å². The summed E-state index contributed by atoms with van der Waals surface area (Å²) in [6.45, 7) is 6.72. The Hall–Kier alpha value is -3.88. The number of ether oxygens (including phenoxy) is 2. The number of amides is 1. The molecular weight excluding hydrogens is 436 g/mol. The van der Waals surface area contributed by atoms with Crippen LogP contribution in [0.15, 0.2) is 48.5 Å². The fourth-order valence-electron chi connectivity index (χ4n) is 4.05. The topological polar surface area (TPSA) is 99.7 Å². The lowest BCUT2D eigenvalue weighted by Crippen LogP contribution is -2.40. The third-order valence-electron chi connectivity index (χ3n) is 5.64. The minimum absolute atomic E-state index is 0.00830. The first kappa shape index (κ1) is 23.3. The molecule has 34 heavy (non-hydrogen) atoms. The lowest BCUT2D eigenvalue weighted by molar-refractivity contribution is -0.384. The molecule has 0 atom stereocenters. The van der Waals surface area contributed by atoms with Gasteiger partial charge in [-0.3, -0.25) is 14.8 Å². The van der Waals surface area contributed by atoms with Crippen molar-refractivity contribution >= 4 is 11.8 Å². The van der Waals surface area contributed by atoms with Crippen molar-refractivity contribution in [1.29, 1.82) is 0 Å². The Labute approximate surface area is 198 Å². The number of carbonyl (C=O) groups is 1. The highest BCUT2D eigenvalue weighted by Gasteiger charge is 2.32. The van der Waals surface area contributed by atoms with Gasteiger partial charge in [0.25, 0.3) is 5.69 Å². The molecule has 1 aliphatic heterocycles. The van der Waals surface area contributed by atoms with Gasteiger partial charge in [-0.1, -0.05) is 24.3 Å². The molecule has 2 heterocycles. The Morgan fingerprint density at radius 1 is 1.15 bits per heavy atom. The van der Waals surface area contributed by atoms with Crippen molar-refractivity contribution in [3.05, 3.63) is 75.5 Å². The molecule has 3 aromatic rings. The SMILES string of the molecule is COc1ccc(Cn2nc(-c3ccccc3[N+](=O)[O-])c3c2CN(C(=O)OC(C)(C)C)CC3)cc1. The highest BCUT2D eigenvalue weighted by molar-refractivity contribution is 5.75. The Kier molecular flexibility index (Phi) is 6.28. The number of rotatable bonds is 5. The van der Waals surface area contributed by atoms with E-state index in [1.165, 1.54) is 6.07 Å². The van der Waals surface area contributed by atoms with E-state index in [1.807, 2.05) is 49.7 Å². The summed E-state index contributed by atoms with van der Waals surface area (Å²) in [7, 11) is 1.61. The van der Waals surface area contributed by atoms with Gasteiger partial charge in [0.15, 0.2) is 0 Å². The first-order valence-electron chi connectivity index (χ1n) is 11.1. The molecule has 0 bridgehead atoms. The molecule has 0 fully saturated rings. The molecule has 0 N–H and O–H groups in total. The molecular formula is C25H28N4O5. The molecule has 1 amide bonds. The van der Waals surface area contributed by atoms with Gasteiger partial charge in [0.1, 0.15) is 17.0 Å². The Bertz CT molecular complexity index is 1210. The van der Waals surface area contributed by atoms with Gasteiger partial charge in [-0.15, -0.1) is 0 Å². The molecule has 0 saturated heterocycles. The minimum atomic E-state index is -0.601. The van der Waals surface area contributed by atoms with E-state index in [9.17, 15) is 14.9 Å². The summed E-state index contributed by atoms with van der Waals surface area (Å²) in [5.41, 5.74) is 3.23. The lowest BCUT2D eigenvalue weighted by atomic mass is 9.99. The number of fused-ring (bicyclic) bond motifs is 1. The normalized spacial score (nSPS) is 13.4. The average molecular weight is 465 g/mol. The molecule has 178 valence electrons. The number of benzene rings is 2. The van der Waals surface area contributed by atoms with Crippen LogP contribution in [0.5, 0.6) is 5.75 Å². The number of carbonyl (C=O) groups excluding carboxylic acids is 1. The summed E-state index contributed by atoms with van der Waals surface area (Å²) < 4.78 is 12.6. The third-order valence-corrected chi connectivity index (χ3v) is 5.64. The predicted molar refractivity (Wildman–Crippen MR) is 127 cm³/mol. The van der Waals surface area contributed by atoms with Crippen LogP contribution in [0.4, 0.5) is 10.5 Å². The summed E-state index contributed by atoms with van der Waals surface area (Å²) in [6, 6.07) is 14.3. The van der Waals surface area contributed by atoms with Crippen LogP contribution >= 0.6 is 0 Å². The molecule has 0 radical (unpaired) electrons. The van der Waals surface area contributed by atoms with E-state index in [-0.39, 0.29) is 16.7 Å². The van der Waals surface area contributed by atoms with Crippen molar-refractivity contribution in [2.45, 2.75) is 45.9 Å². The number of nitrogens with zero attached hydrogens (tertiary/aromatic N) is 4. The fourth-order valence-corrected chi connectivity index (χ4v) is 4.05. The Morgan fingerprint density at radius 3 is 2.50 bits per heavy atom. The zero-order valence-electron chi connectivity index (χ0n) is 19.8. The van der Waals surface area contributed by atoms with Crippen LogP contribution < -0.4 is 4.74 Å². The smallest absolute Gasteiger partial charge is 0.410 e. The molecule has 0 saturated carbocycles. The number of nitro groups is 1. The van der Waals surface area contributed by atoms with Gasteiger partial charge >= 0.3 is 6.09 Å². The van der Waals surface area contributed by atoms with Gasteiger partial charge in [-0.25, -0.2) is 4.79 Å². The Morgan fingerprint density at radius 2 is 1.85 bits per heavy atom. The maximum absolute atomic E-state index is 12.8. The molecule has 1 aromatic heterocycles. The van der Waals surface area contributed by atoms with Gasteiger partial charge in [-0.2, -0.15) is 5.10 Å². The van der Waals surface area contributed by atoms with Gasteiger partial charge in [0, 0.05) is 18.2 Å². The molecule has 0 spiro atoms. The second kappa shape index (κ2) is 9.17. The molecule has 0 unspecified atom stereocenters. The largest absolute Gasteiger partial charge is 0.497 e. The van der Waals surface area contributed by atoms with Crippen LogP contribution in [0, 0.1) is 10.1 Å². The van der Waals surface area contributed by atoms with E-state index < -0.39 is 5.60 Å². The number of hydrogen-bond acceptors (Lipinski definition) is 6. The second-order valence-corrected chi connectivity index (χ2v) is 9.21. The van der Waals surface area contributed by atoms with Gasteiger partial charge < -0.3 is 14.4 Å². The van der Waals surface area contributed by atoms with Crippen molar-refractivity contribution in [2.75, 3.05) is 13.7 Å². The van der Waals surface area contributed by atoms with Crippen LogP contribution in [-0.2, 0) is 24.2 Å². The van der Waals surface area contributed by atoms with Crippen LogP contribution in [0.25, 0.3) is 11.3 Å². The number of hydrogen-bond donors (Lipinski definition) is 0. The van der Waals surface area contributed by atoms with Crippen molar-refractivity contribution in [2.24, 2.45) is 0 Å². The van der Waals surface area contributed by atoms with Gasteiger partial charge in [-0.05, 0) is 51.0 Å². The summed E-state index contributed by atoms with van der Waals surface area (Å²) in [4.78, 5) is 25.7. The second-order valence-electron chi connectivity index (χ2n) is 9.21. The Balaban J connectivity index is 1.75. The highest BCUT2D eigenvalue weighted by Crippen LogP contribution is 2.35.